The van der Waals surface area contributed by atoms with Crippen LogP contribution in [0.3, 0.4) is 0 Å². The molecule has 1 N–H and O–H groups in total. The first-order valence-electron chi connectivity index (χ1n) is 8.95. The molecule has 3 aromatic rings. The van der Waals surface area contributed by atoms with Crippen molar-refractivity contribution >= 4 is 41.1 Å². The SMILES string of the molecule is Cc1nn(Cc2ccccc2Cl)c(C)c1CN(C)C(=O)Cc1sc(=S)[nH]c1C. The predicted octanol–water partition coefficient (Wildman–Crippen LogP) is 4.83. The average Bonchev–Trinajstić information content (AvgIpc) is 3.09. The van der Waals surface area contributed by atoms with Gasteiger partial charge in [-0.05, 0) is 44.6 Å². The lowest BCUT2D eigenvalue weighted by molar-refractivity contribution is -0.129. The monoisotopic (exact) mass is 434 g/mol. The van der Waals surface area contributed by atoms with Crippen molar-refractivity contribution in [2.24, 2.45) is 0 Å². The molecule has 0 unspecified atom stereocenters. The number of carbonyl (C=O) groups is 1. The number of carbonyl (C=O) groups excluding carboxylic acids is 1. The molecule has 0 saturated heterocycles. The second-order valence-corrected chi connectivity index (χ2v) is 9.07. The molecule has 2 aromatic heterocycles. The van der Waals surface area contributed by atoms with E-state index in [1.807, 2.05) is 56.8 Å². The maximum Gasteiger partial charge on any atom is 0.227 e. The standard InChI is InChI=1S/C20H23ClN4OS2/c1-12-16(11-24(4)19(26)9-18-13(2)22-20(27)28-18)14(3)25(23-12)10-15-7-5-6-8-17(15)21/h5-8H,9-11H2,1-4H3,(H,22,27). The number of hydrogen-bond donors (Lipinski definition) is 1. The Morgan fingerprint density at radius 3 is 2.68 bits per heavy atom. The van der Waals surface area contributed by atoms with E-state index in [9.17, 15) is 4.79 Å². The van der Waals surface area contributed by atoms with Crippen LogP contribution in [0.5, 0.6) is 0 Å². The lowest BCUT2D eigenvalue weighted by Gasteiger charge is -2.17. The largest absolute Gasteiger partial charge is 0.341 e. The lowest BCUT2D eigenvalue weighted by atomic mass is 10.1. The van der Waals surface area contributed by atoms with Gasteiger partial charge in [-0.3, -0.25) is 9.48 Å². The van der Waals surface area contributed by atoms with Gasteiger partial charge in [0.05, 0.1) is 18.7 Å². The first-order valence-corrected chi connectivity index (χ1v) is 10.6. The summed E-state index contributed by atoms with van der Waals surface area (Å²) in [5.74, 6) is 0.0611. The minimum absolute atomic E-state index is 0.0611. The molecule has 0 aliphatic rings. The van der Waals surface area contributed by atoms with Gasteiger partial charge in [-0.2, -0.15) is 5.10 Å². The number of likely N-dealkylation sites (N-methyl/N-ethyl adjacent to an activating group) is 1. The Bertz CT molecular complexity index is 1070. The van der Waals surface area contributed by atoms with E-state index < -0.39 is 0 Å². The van der Waals surface area contributed by atoms with Crippen molar-refractivity contribution in [1.29, 1.82) is 0 Å². The summed E-state index contributed by atoms with van der Waals surface area (Å²) in [5, 5.41) is 5.39. The molecular weight excluding hydrogens is 412 g/mol. The summed E-state index contributed by atoms with van der Waals surface area (Å²) in [6, 6.07) is 7.77. The third-order valence-electron chi connectivity index (χ3n) is 4.87. The number of hydrogen-bond acceptors (Lipinski definition) is 4. The van der Waals surface area contributed by atoms with Crippen LogP contribution in [0.4, 0.5) is 0 Å². The van der Waals surface area contributed by atoms with E-state index in [-0.39, 0.29) is 5.91 Å². The fourth-order valence-corrected chi connectivity index (χ4v) is 4.59. The van der Waals surface area contributed by atoms with E-state index in [1.54, 1.807) is 4.90 Å². The van der Waals surface area contributed by atoms with E-state index in [1.165, 1.54) is 11.3 Å². The highest BCUT2D eigenvalue weighted by Crippen LogP contribution is 2.21. The zero-order valence-corrected chi connectivity index (χ0v) is 18.8. The molecule has 1 amide bonds. The van der Waals surface area contributed by atoms with Crippen LogP contribution in [0, 0.1) is 24.7 Å². The zero-order chi connectivity index (χ0) is 20.4. The molecule has 0 bridgehead atoms. The topological polar surface area (TPSA) is 53.9 Å². The number of thiazole rings is 1. The molecule has 8 heteroatoms. The third kappa shape index (κ3) is 4.54. The molecule has 0 aliphatic carbocycles. The molecule has 0 atom stereocenters. The number of nitrogens with one attached hydrogen (secondary N) is 1. The number of aromatic nitrogens is 3. The van der Waals surface area contributed by atoms with Crippen molar-refractivity contribution in [3.05, 3.63) is 66.3 Å². The van der Waals surface area contributed by atoms with Gasteiger partial charge in [0.1, 0.15) is 0 Å². The van der Waals surface area contributed by atoms with Gasteiger partial charge in [-0.15, -0.1) is 11.3 Å². The van der Waals surface area contributed by atoms with E-state index in [0.29, 0.717) is 23.5 Å². The molecule has 0 fully saturated rings. The fraction of sp³-hybridized carbons (Fsp3) is 0.350. The normalized spacial score (nSPS) is 11.0. The number of halogens is 1. The van der Waals surface area contributed by atoms with Crippen LogP contribution in [0.1, 0.15) is 33.1 Å². The first-order chi connectivity index (χ1) is 13.3. The van der Waals surface area contributed by atoms with E-state index in [2.05, 4.69) is 10.1 Å². The van der Waals surface area contributed by atoms with Gasteiger partial charge in [-0.25, -0.2) is 0 Å². The van der Waals surface area contributed by atoms with Gasteiger partial charge in [0.15, 0.2) is 3.95 Å². The Labute approximate surface area is 179 Å². The van der Waals surface area contributed by atoms with E-state index >= 15 is 0 Å². The molecule has 0 aliphatic heterocycles. The van der Waals surface area contributed by atoms with Crippen molar-refractivity contribution in [2.45, 2.75) is 40.3 Å². The van der Waals surface area contributed by atoms with Crippen LogP contribution in [0.25, 0.3) is 0 Å². The van der Waals surface area contributed by atoms with Gasteiger partial charge in [0, 0.05) is 40.4 Å². The molecule has 5 nitrogen and oxygen atoms in total. The Balaban J connectivity index is 1.74. The predicted molar refractivity (Wildman–Crippen MR) is 117 cm³/mol. The summed E-state index contributed by atoms with van der Waals surface area (Å²) in [7, 11) is 1.83. The Morgan fingerprint density at radius 2 is 2.04 bits per heavy atom. The molecule has 0 spiro atoms. The Hall–Kier alpha value is -1.96. The highest BCUT2D eigenvalue weighted by atomic mass is 35.5. The minimum Gasteiger partial charge on any atom is -0.341 e. The molecule has 0 radical (unpaired) electrons. The molecule has 2 heterocycles. The average molecular weight is 435 g/mol. The van der Waals surface area contributed by atoms with E-state index in [4.69, 9.17) is 23.8 Å². The summed E-state index contributed by atoms with van der Waals surface area (Å²) in [4.78, 5) is 18.5. The number of amides is 1. The van der Waals surface area contributed by atoms with Crippen LogP contribution < -0.4 is 0 Å². The summed E-state index contributed by atoms with van der Waals surface area (Å²) in [6.45, 7) is 7.09. The van der Waals surface area contributed by atoms with Crippen molar-refractivity contribution in [2.75, 3.05) is 7.05 Å². The Morgan fingerprint density at radius 1 is 1.32 bits per heavy atom. The number of aryl methyl sites for hydroxylation is 2. The van der Waals surface area contributed by atoms with Gasteiger partial charge < -0.3 is 9.88 Å². The lowest BCUT2D eigenvalue weighted by Crippen LogP contribution is -2.28. The maximum absolute atomic E-state index is 12.7. The minimum atomic E-state index is 0.0611. The number of rotatable bonds is 6. The second kappa shape index (κ2) is 8.59. The molecule has 28 heavy (non-hydrogen) atoms. The summed E-state index contributed by atoms with van der Waals surface area (Å²) in [5.41, 5.74) is 5.04. The molecule has 3 rings (SSSR count). The summed E-state index contributed by atoms with van der Waals surface area (Å²) in [6.07, 6.45) is 0.353. The van der Waals surface area contributed by atoms with Crippen molar-refractivity contribution in [3.8, 4) is 0 Å². The number of H-pyrrole nitrogens is 1. The van der Waals surface area contributed by atoms with Crippen LogP contribution in [-0.2, 0) is 24.3 Å². The van der Waals surface area contributed by atoms with Crippen molar-refractivity contribution in [1.82, 2.24) is 19.7 Å². The Kier molecular flexibility index (Phi) is 6.37. The van der Waals surface area contributed by atoms with Crippen LogP contribution in [0.15, 0.2) is 24.3 Å². The highest BCUT2D eigenvalue weighted by Gasteiger charge is 2.18. The fourth-order valence-electron chi connectivity index (χ4n) is 3.11. The first kappa shape index (κ1) is 20.8. The van der Waals surface area contributed by atoms with Crippen LogP contribution in [-0.4, -0.2) is 32.6 Å². The maximum atomic E-state index is 12.7. The zero-order valence-electron chi connectivity index (χ0n) is 16.4. The molecule has 1 aromatic carbocycles. The highest BCUT2D eigenvalue weighted by molar-refractivity contribution is 7.73. The van der Waals surface area contributed by atoms with E-state index in [0.717, 1.165) is 38.1 Å². The third-order valence-corrected chi connectivity index (χ3v) is 6.57. The number of nitrogens with zero attached hydrogens (tertiary/aromatic N) is 3. The number of aromatic amines is 1. The number of benzene rings is 1. The molecular formula is C20H23ClN4OS2. The second-order valence-electron chi connectivity index (χ2n) is 6.89. The molecule has 148 valence electrons. The van der Waals surface area contributed by atoms with Gasteiger partial charge in [0.25, 0.3) is 0 Å². The van der Waals surface area contributed by atoms with Gasteiger partial charge in [-0.1, -0.05) is 29.8 Å². The molecule has 0 saturated carbocycles. The van der Waals surface area contributed by atoms with Crippen LogP contribution in [0.2, 0.25) is 5.02 Å². The smallest absolute Gasteiger partial charge is 0.227 e. The van der Waals surface area contributed by atoms with Crippen molar-refractivity contribution in [3.63, 3.8) is 0 Å². The van der Waals surface area contributed by atoms with Crippen LogP contribution >= 0.6 is 35.2 Å². The van der Waals surface area contributed by atoms with Gasteiger partial charge >= 0.3 is 0 Å². The summed E-state index contributed by atoms with van der Waals surface area (Å²) < 4.78 is 2.65. The summed E-state index contributed by atoms with van der Waals surface area (Å²) >= 11 is 12.9. The van der Waals surface area contributed by atoms with Gasteiger partial charge in [0.2, 0.25) is 5.91 Å². The van der Waals surface area contributed by atoms with Crippen molar-refractivity contribution < 1.29 is 4.79 Å². The quantitative estimate of drug-likeness (QED) is 0.565.